The fourth-order valence-corrected chi connectivity index (χ4v) is 3.20. The van der Waals surface area contributed by atoms with Gasteiger partial charge in [-0.05, 0) is 36.8 Å². The van der Waals surface area contributed by atoms with Crippen LogP contribution in [0.15, 0.2) is 18.2 Å². The zero-order chi connectivity index (χ0) is 13.2. The van der Waals surface area contributed by atoms with Crippen LogP contribution in [0.4, 0.5) is 8.78 Å². The Bertz CT molecular complexity index is 419. The van der Waals surface area contributed by atoms with Crippen molar-refractivity contribution in [2.45, 2.75) is 51.0 Å². The Morgan fingerprint density at radius 1 is 1.33 bits per heavy atom. The zero-order valence-corrected chi connectivity index (χ0v) is 10.9. The van der Waals surface area contributed by atoms with E-state index in [0.29, 0.717) is 17.9 Å². The van der Waals surface area contributed by atoms with Gasteiger partial charge in [0.1, 0.15) is 11.6 Å². The third kappa shape index (κ3) is 2.72. The van der Waals surface area contributed by atoms with Crippen molar-refractivity contribution in [1.82, 2.24) is 0 Å². The maximum atomic E-state index is 13.7. The Morgan fingerprint density at radius 3 is 2.78 bits per heavy atom. The molecule has 100 valence electrons. The molecule has 1 nitrogen and oxygen atoms in total. The molecule has 0 aromatic heterocycles. The van der Waals surface area contributed by atoms with E-state index in [1.165, 1.54) is 18.6 Å². The van der Waals surface area contributed by atoms with E-state index in [1.54, 1.807) is 0 Å². The largest absolute Gasteiger partial charge is 0.325 e. The summed E-state index contributed by atoms with van der Waals surface area (Å²) in [6, 6.07) is 3.79. The highest BCUT2D eigenvalue weighted by molar-refractivity contribution is 5.21. The Morgan fingerprint density at radius 2 is 2.11 bits per heavy atom. The minimum absolute atomic E-state index is 0.328. The Labute approximate surface area is 107 Å². The average Bonchev–Trinajstić information content (AvgIpc) is 2.33. The number of benzene rings is 1. The van der Waals surface area contributed by atoms with Gasteiger partial charge in [0, 0.05) is 11.6 Å². The van der Waals surface area contributed by atoms with Crippen LogP contribution in [-0.2, 0) is 6.42 Å². The van der Waals surface area contributed by atoms with Gasteiger partial charge in [0.25, 0.3) is 0 Å². The van der Waals surface area contributed by atoms with Gasteiger partial charge in [-0.2, -0.15) is 0 Å². The van der Waals surface area contributed by atoms with Crippen molar-refractivity contribution in [1.29, 1.82) is 0 Å². The highest BCUT2D eigenvalue weighted by Crippen LogP contribution is 2.36. The number of hydrogen-bond acceptors (Lipinski definition) is 1. The van der Waals surface area contributed by atoms with Crippen molar-refractivity contribution in [3.63, 3.8) is 0 Å². The van der Waals surface area contributed by atoms with E-state index in [4.69, 9.17) is 5.73 Å². The van der Waals surface area contributed by atoms with Crippen molar-refractivity contribution in [2.75, 3.05) is 0 Å². The summed E-state index contributed by atoms with van der Waals surface area (Å²) in [4.78, 5) is 0. The molecule has 1 aliphatic rings. The molecule has 0 heterocycles. The minimum atomic E-state index is -0.530. The molecule has 0 aliphatic heterocycles. The second-order valence-electron chi connectivity index (χ2n) is 5.50. The minimum Gasteiger partial charge on any atom is -0.325 e. The molecule has 1 aliphatic carbocycles. The number of nitrogens with two attached hydrogens (primary N) is 1. The van der Waals surface area contributed by atoms with Crippen LogP contribution in [0.2, 0.25) is 0 Å². The normalized spacial score (nSPS) is 28.3. The van der Waals surface area contributed by atoms with E-state index in [0.717, 1.165) is 31.7 Å². The summed E-state index contributed by atoms with van der Waals surface area (Å²) in [5.74, 6) is -0.561. The fourth-order valence-electron chi connectivity index (χ4n) is 3.20. The molecule has 1 aromatic rings. The van der Waals surface area contributed by atoms with Crippen LogP contribution < -0.4 is 5.73 Å². The molecular formula is C15H21F2N. The summed E-state index contributed by atoms with van der Waals surface area (Å²) < 4.78 is 26.6. The maximum Gasteiger partial charge on any atom is 0.129 e. The Hall–Kier alpha value is -0.960. The van der Waals surface area contributed by atoms with Crippen molar-refractivity contribution >= 4 is 0 Å². The average molecular weight is 253 g/mol. The monoisotopic (exact) mass is 253 g/mol. The summed E-state index contributed by atoms with van der Waals surface area (Å²) in [5.41, 5.74) is 6.71. The fraction of sp³-hybridized carbons (Fsp3) is 0.600. The number of hydrogen-bond donors (Lipinski definition) is 1. The Balaban J connectivity index is 2.20. The van der Waals surface area contributed by atoms with Crippen LogP contribution in [-0.4, -0.2) is 5.54 Å². The lowest BCUT2D eigenvalue weighted by atomic mass is 9.69. The molecule has 0 bridgehead atoms. The zero-order valence-electron chi connectivity index (χ0n) is 10.9. The van der Waals surface area contributed by atoms with Gasteiger partial charge >= 0.3 is 0 Å². The van der Waals surface area contributed by atoms with E-state index in [2.05, 4.69) is 6.92 Å². The van der Waals surface area contributed by atoms with Crippen LogP contribution in [0.3, 0.4) is 0 Å². The Kier molecular flexibility index (Phi) is 4.00. The summed E-state index contributed by atoms with van der Waals surface area (Å²) in [5, 5.41) is 0. The molecule has 0 amide bonds. The van der Waals surface area contributed by atoms with Gasteiger partial charge in [0.2, 0.25) is 0 Å². The lowest BCUT2D eigenvalue weighted by Gasteiger charge is -2.41. The van der Waals surface area contributed by atoms with Crippen LogP contribution >= 0.6 is 0 Å². The van der Waals surface area contributed by atoms with Crippen LogP contribution in [0.25, 0.3) is 0 Å². The predicted molar refractivity (Wildman–Crippen MR) is 69.2 cm³/mol. The molecule has 2 unspecified atom stereocenters. The van der Waals surface area contributed by atoms with Crippen molar-refractivity contribution < 1.29 is 8.78 Å². The first kappa shape index (κ1) is 13.5. The van der Waals surface area contributed by atoms with Crippen molar-refractivity contribution in [2.24, 2.45) is 11.7 Å². The molecule has 2 N–H and O–H groups in total. The topological polar surface area (TPSA) is 26.0 Å². The molecule has 2 rings (SSSR count). The van der Waals surface area contributed by atoms with Crippen molar-refractivity contribution in [3.05, 3.63) is 35.4 Å². The third-order valence-corrected chi connectivity index (χ3v) is 4.29. The molecule has 3 heteroatoms. The highest BCUT2D eigenvalue weighted by atomic mass is 19.1. The smallest absolute Gasteiger partial charge is 0.129 e. The predicted octanol–water partition coefficient (Wildman–Crippen LogP) is 3.81. The molecular weight excluding hydrogens is 232 g/mol. The molecule has 0 spiro atoms. The summed E-state index contributed by atoms with van der Waals surface area (Å²) in [6.45, 7) is 2.14. The van der Waals surface area contributed by atoms with Crippen LogP contribution in [0.5, 0.6) is 0 Å². The number of rotatable bonds is 3. The quantitative estimate of drug-likeness (QED) is 0.871. The lowest BCUT2D eigenvalue weighted by Crippen LogP contribution is -2.51. The van der Waals surface area contributed by atoms with Crippen molar-refractivity contribution in [3.8, 4) is 0 Å². The summed E-state index contributed by atoms with van der Waals surface area (Å²) in [6.07, 6.45) is 5.91. The van der Waals surface area contributed by atoms with E-state index in [9.17, 15) is 8.78 Å². The molecule has 1 saturated carbocycles. The second-order valence-corrected chi connectivity index (χ2v) is 5.50. The van der Waals surface area contributed by atoms with Gasteiger partial charge in [0.05, 0.1) is 0 Å². The van der Waals surface area contributed by atoms with Gasteiger partial charge in [0.15, 0.2) is 0 Å². The van der Waals surface area contributed by atoms with Gasteiger partial charge in [-0.1, -0.05) is 32.3 Å². The summed E-state index contributed by atoms with van der Waals surface area (Å²) in [7, 11) is 0. The first-order valence-corrected chi connectivity index (χ1v) is 6.78. The van der Waals surface area contributed by atoms with Crippen LogP contribution in [0.1, 0.15) is 44.6 Å². The van der Waals surface area contributed by atoms with Crippen LogP contribution in [0, 0.1) is 17.6 Å². The van der Waals surface area contributed by atoms with E-state index in [1.807, 2.05) is 0 Å². The SMILES string of the molecule is CCC1CCCCC1(N)Cc1ccc(F)cc1F. The van der Waals surface area contributed by atoms with Gasteiger partial charge in [-0.3, -0.25) is 0 Å². The first-order valence-electron chi connectivity index (χ1n) is 6.78. The summed E-state index contributed by atoms with van der Waals surface area (Å²) >= 11 is 0. The molecule has 0 saturated heterocycles. The van der Waals surface area contributed by atoms with Gasteiger partial charge in [-0.15, -0.1) is 0 Å². The van der Waals surface area contributed by atoms with Gasteiger partial charge < -0.3 is 5.73 Å². The highest BCUT2D eigenvalue weighted by Gasteiger charge is 2.36. The lowest BCUT2D eigenvalue weighted by molar-refractivity contribution is 0.181. The molecule has 1 fully saturated rings. The van der Waals surface area contributed by atoms with E-state index < -0.39 is 11.6 Å². The molecule has 0 radical (unpaired) electrons. The van der Waals surface area contributed by atoms with Gasteiger partial charge in [-0.25, -0.2) is 8.78 Å². The molecule has 18 heavy (non-hydrogen) atoms. The molecule has 1 aromatic carbocycles. The number of halogens is 2. The maximum absolute atomic E-state index is 13.7. The standard InChI is InChI=1S/C15H21F2N/c1-2-12-5-3-4-8-15(12,18)10-11-6-7-13(16)9-14(11)17/h6-7,9,12H,2-5,8,10,18H2,1H3. The third-order valence-electron chi connectivity index (χ3n) is 4.29. The molecule has 2 atom stereocenters. The van der Waals surface area contributed by atoms with E-state index >= 15 is 0 Å². The van der Waals surface area contributed by atoms with E-state index in [-0.39, 0.29) is 5.54 Å². The second kappa shape index (κ2) is 5.35. The first-order chi connectivity index (χ1) is 8.55.